The number of rotatable bonds is 7. The second kappa shape index (κ2) is 10.9. The van der Waals surface area contributed by atoms with Crippen molar-refractivity contribution < 1.29 is 19.4 Å². The largest absolute Gasteiger partial charge is 0.497 e. The van der Waals surface area contributed by atoms with E-state index in [0.717, 1.165) is 30.7 Å². The lowest BCUT2D eigenvalue weighted by atomic mass is 9.57. The number of benzene rings is 1. The van der Waals surface area contributed by atoms with E-state index in [0.29, 0.717) is 35.6 Å². The first-order chi connectivity index (χ1) is 17.7. The number of hydrogen-bond donors (Lipinski definition) is 1. The fraction of sp³-hybridized carbons (Fsp3) is 0.710. The van der Waals surface area contributed by atoms with Crippen molar-refractivity contribution in [3.63, 3.8) is 0 Å². The summed E-state index contributed by atoms with van der Waals surface area (Å²) in [7, 11) is 1.72. The summed E-state index contributed by atoms with van der Waals surface area (Å²) in [4.78, 5) is 15.8. The van der Waals surface area contributed by atoms with Gasteiger partial charge in [0.25, 0.3) is 0 Å². The van der Waals surface area contributed by atoms with Gasteiger partial charge in [-0.3, -0.25) is 9.69 Å². The van der Waals surface area contributed by atoms with Gasteiger partial charge in [-0.2, -0.15) is 0 Å². The van der Waals surface area contributed by atoms with E-state index in [1.807, 2.05) is 11.8 Å². The monoisotopic (exact) mass is 527 g/mol. The molecule has 1 aromatic carbocycles. The fourth-order valence-corrected chi connectivity index (χ4v) is 9.25. The van der Waals surface area contributed by atoms with Gasteiger partial charge in [0.1, 0.15) is 11.9 Å². The molecule has 5 rings (SSSR count). The van der Waals surface area contributed by atoms with Crippen LogP contribution in [0.3, 0.4) is 0 Å². The third-order valence-electron chi connectivity index (χ3n) is 10.0. The first-order valence-corrected chi connectivity index (χ1v) is 15.2. The molecule has 204 valence electrons. The van der Waals surface area contributed by atoms with E-state index in [1.54, 1.807) is 7.11 Å². The zero-order valence-corrected chi connectivity index (χ0v) is 24.0. The molecule has 8 atom stereocenters. The van der Waals surface area contributed by atoms with E-state index in [1.165, 1.54) is 37.5 Å². The number of thioether (sulfide) groups is 1. The summed E-state index contributed by atoms with van der Waals surface area (Å²) < 4.78 is 10.9. The molecule has 2 bridgehead atoms. The third kappa shape index (κ3) is 5.49. The number of ether oxygens (including phenoxy) is 2. The molecule has 2 heterocycles. The van der Waals surface area contributed by atoms with Crippen LogP contribution in [0.2, 0.25) is 0 Å². The van der Waals surface area contributed by atoms with Crippen LogP contribution in [-0.4, -0.2) is 58.7 Å². The number of carbonyl (C=O) groups is 1. The minimum absolute atomic E-state index is 0.138. The highest BCUT2D eigenvalue weighted by atomic mass is 32.2. The summed E-state index contributed by atoms with van der Waals surface area (Å²) in [5.74, 6) is 1.98. The minimum Gasteiger partial charge on any atom is -0.497 e. The van der Waals surface area contributed by atoms with Gasteiger partial charge in [0.15, 0.2) is 0 Å². The molecule has 1 saturated carbocycles. The zero-order chi connectivity index (χ0) is 26.3. The van der Waals surface area contributed by atoms with E-state index < -0.39 is 5.60 Å². The van der Waals surface area contributed by atoms with Crippen LogP contribution in [0.25, 0.3) is 0 Å². The van der Waals surface area contributed by atoms with Crippen molar-refractivity contribution in [3.8, 4) is 5.75 Å². The van der Waals surface area contributed by atoms with Gasteiger partial charge < -0.3 is 14.6 Å². The molecule has 2 saturated heterocycles. The van der Waals surface area contributed by atoms with Crippen LogP contribution >= 0.6 is 11.8 Å². The Bertz CT molecular complexity index is 981. The Morgan fingerprint density at radius 2 is 1.84 bits per heavy atom. The van der Waals surface area contributed by atoms with Crippen molar-refractivity contribution >= 4 is 17.7 Å². The molecule has 0 amide bonds. The van der Waals surface area contributed by atoms with E-state index in [-0.39, 0.29) is 23.9 Å². The summed E-state index contributed by atoms with van der Waals surface area (Å²) in [5, 5.41) is 12.6. The third-order valence-corrected chi connectivity index (χ3v) is 11.3. The number of aliphatic hydroxyl groups is 1. The average molecular weight is 528 g/mol. The number of methoxy groups -OCH3 is 1. The van der Waals surface area contributed by atoms with Crippen LogP contribution in [0, 0.1) is 23.7 Å². The van der Waals surface area contributed by atoms with E-state index in [9.17, 15) is 9.90 Å². The number of nitrogens with zero attached hydrogens (tertiary/aromatic N) is 1. The van der Waals surface area contributed by atoms with Gasteiger partial charge in [-0.25, -0.2) is 0 Å². The smallest absolute Gasteiger partial charge is 0.303 e. The number of hydrogen-bond acceptors (Lipinski definition) is 6. The lowest BCUT2D eigenvalue weighted by Crippen LogP contribution is -2.56. The Morgan fingerprint density at radius 1 is 1.16 bits per heavy atom. The van der Waals surface area contributed by atoms with Crippen molar-refractivity contribution in [1.29, 1.82) is 0 Å². The maximum atomic E-state index is 11.9. The Morgan fingerprint density at radius 3 is 2.46 bits per heavy atom. The minimum atomic E-state index is -0.794. The lowest BCUT2D eigenvalue weighted by Gasteiger charge is -2.53. The Hall–Kier alpha value is -1.50. The van der Waals surface area contributed by atoms with Crippen LogP contribution in [0.15, 0.2) is 40.8 Å². The Kier molecular flexibility index (Phi) is 8.00. The molecule has 5 nitrogen and oxygen atoms in total. The van der Waals surface area contributed by atoms with Gasteiger partial charge in [-0.05, 0) is 93.0 Å². The van der Waals surface area contributed by atoms with Gasteiger partial charge in [-0.15, -0.1) is 11.8 Å². The Labute approximate surface area is 227 Å². The lowest BCUT2D eigenvalue weighted by molar-refractivity contribution is -0.159. The van der Waals surface area contributed by atoms with E-state index >= 15 is 0 Å². The highest BCUT2D eigenvalue weighted by Gasteiger charge is 2.53. The molecule has 2 aliphatic carbocycles. The van der Waals surface area contributed by atoms with Crippen molar-refractivity contribution in [2.24, 2.45) is 23.7 Å². The summed E-state index contributed by atoms with van der Waals surface area (Å²) >= 11 is 2.04. The van der Waals surface area contributed by atoms with E-state index in [4.69, 9.17) is 9.47 Å². The zero-order valence-electron chi connectivity index (χ0n) is 23.2. The summed E-state index contributed by atoms with van der Waals surface area (Å²) in [6.45, 7) is 9.26. The number of fused-ring (bicyclic) bond motifs is 3. The van der Waals surface area contributed by atoms with Gasteiger partial charge in [0.2, 0.25) is 0 Å². The molecular weight excluding hydrogens is 482 g/mol. The summed E-state index contributed by atoms with van der Waals surface area (Å²) in [5.41, 5.74) is 0.310. The van der Waals surface area contributed by atoms with Crippen LogP contribution in [-0.2, 0) is 9.53 Å². The van der Waals surface area contributed by atoms with Crippen LogP contribution < -0.4 is 4.74 Å². The van der Waals surface area contributed by atoms with Crippen LogP contribution in [0.1, 0.15) is 72.6 Å². The van der Waals surface area contributed by atoms with Gasteiger partial charge >= 0.3 is 5.97 Å². The normalized spacial score (nSPS) is 38.4. The molecule has 3 fully saturated rings. The standard InChI is InChI=1S/C31H45NO4S/c1-19-14-29-28(13-6-21(3)31(29,34)17-30(19)36-22(4)33)20(2)18-32-23-7-8-24(32)16-27(15-23)37-26-11-9-25(35-5)10-12-26/h9-12,14,20-21,23-24,27-30,34H,6-8,13,15-18H2,1-5H3/t20-,21-,23?,24?,27?,28+,29-,30-,31-/m1/s1. The quantitative estimate of drug-likeness (QED) is 0.342. The predicted molar refractivity (Wildman–Crippen MR) is 149 cm³/mol. The topological polar surface area (TPSA) is 59.0 Å². The van der Waals surface area contributed by atoms with Gasteiger partial charge in [-0.1, -0.05) is 19.9 Å². The molecule has 2 unspecified atom stereocenters. The van der Waals surface area contributed by atoms with Gasteiger partial charge in [0, 0.05) is 48.0 Å². The second-order valence-electron chi connectivity index (χ2n) is 12.3. The highest BCUT2D eigenvalue weighted by molar-refractivity contribution is 8.00. The maximum absolute atomic E-state index is 11.9. The highest BCUT2D eigenvalue weighted by Crippen LogP contribution is 2.52. The van der Waals surface area contributed by atoms with E-state index in [2.05, 4.69) is 56.0 Å². The number of esters is 1. The molecule has 2 aliphatic heterocycles. The fourth-order valence-electron chi connectivity index (χ4n) is 7.93. The second-order valence-corrected chi connectivity index (χ2v) is 13.7. The molecule has 37 heavy (non-hydrogen) atoms. The first-order valence-electron chi connectivity index (χ1n) is 14.3. The van der Waals surface area contributed by atoms with Gasteiger partial charge in [0.05, 0.1) is 12.7 Å². The van der Waals surface area contributed by atoms with Crippen molar-refractivity contribution in [3.05, 3.63) is 35.9 Å². The average Bonchev–Trinajstić information content (AvgIpc) is 3.08. The predicted octanol–water partition coefficient (Wildman–Crippen LogP) is 6.09. The molecular formula is C31H45NO4S. The molecule has 1 aromatic rings. The van der Waals surface area contributed by atoms with Crippen LogP contribution in [0.4, 0.5) is 0 Å². The summed E-state index contributed by atoms with van der Waals surface area (Å²) in [6, 6.07) is 9.87. The number of carbonyl (C=O) groups excluding carboxylic acids is 1. The molecule has 4 aliphatic rings. The van der Waals surface area contributed by atoms with Crippen molar-refractivity contribution in [2.45, 2.75) is 107 Å². The van der Waals surface area contributed by atoms with Crippen molar-refractivity contribution in [2.75, 3.05) is 13.7 Å². The molecule has 1 N–H and O–H groups in total. The molecule has 0 spiro atoms. The molecule has 6 heteroatoms. The SMILES string of the molecule is COc1ccc(SC2CC3CCC(C2)N3C[C@@H](C)[C@@H]2CC[C@@H](C)[C@]3(O)C[C@@H](OC(C)=O)C(C)=C[C@H]23)cc1. The maximum Gasteiger partial charge on any atom is 0.303 e. The first kappa shape index (κ1) is 27.1. The van der Waals surface area contributed by atoms with Crippen molar-refractivity contribution in [1.82, 2.24) is 4.90 Å². The Balaban J connectivity index is 1.24. The molecule has 0 aromatic heterocycles. The molecule has 0 radical (unpaired) electrons. The number of piperidine rings is 1. The van der Waals surface area contributed by atoms with Crippen LogP contribution in [0.5, 0.6) is 5.75 Å². The summed E-state index contributed by atoms with van der Waals surface area (Å²) in [6.07, 6.45) is 9.85.